The first-order valence-corrected chi connectivity index (χ1v) is 8.17. The number of aromatic nitrogens is 3. The lowest BCUT2D eigenvalue weighted by atomic mass is 10.1. The summed E-state index contributed by atoms with van der Waals surface area (Å²) in [5, 5.41) is 7.76. The first-order valence-electron chi connectivity index (χ1n) is 7.38. The predicted molar refractivity (Wildman–Crippen MR) is 84.5 cm³/mol. The van der Waals surface area contributed by atoms with Crippen molar-refractivity contribution in [1.29, 1.82) is 0 Å². The number of ether oxygens (including phenoxy) is 1. The van der Waals surface area contributed by atoms with Crippen molar-refractivity contribution < 1.29 is 13.5 Å². The van der Waals surface area contributed by atoms with E-state index in [0.717, 1.165) is 35.5 Å². The molecule has 1 unspecified atom stereocenters. The lowest BCUT2D eigenvalue weighted by Gasteiger charge is -2.24. The van der Waals surface area contributed by atoms with Gasteiger partial charge >= 0.3 is 6.61 Å². The van der Waals surface area contributed by atoms with Crippen molar-refractivity contribution in [3.05, 3.63) is 39.9 Å². The Hall–Kier alpha value is -1.54. The summed E-state index contributed by atoms with van der Waals surface area (Å²) in [7, 11) is 0. The maximum absolute atomic E-state index is 12.5. The Bertz CT molecular complexity index is 692. The lowest BCUT2D eigenvalue weighted by molar-refractivity contribution is -0.0505. The van der Waals surface area contributed by atoms with Gasteiger partial charge in [-0.05, 0) is 31.5 Å². The summed E-state index contributed by atoms with van der Waals surface area (Å²) in [5.74, 6) is 1.98. The van der Waals surface area contributed by atoms with Crippen LogP contribution < -0.4 is 10.1 Å². The van der Waals surface area contributed by atoms with Gasteiger partial charge in [0, 0.05) is 29.0 Å². The maximum Gasteiger partial charge on any atom is 0.387 e. The summed E-state index contributed by atoms with van der Waals surface area (Å²) in [4.78, 5) is 4.38. The molecule has 0 saturated carbocycles. The van der Waals surface area contributed by atoms with Gasteiger partial charge in [-0.15, -0.1) is 0 Å². The van der Waals surface area contributed by atoms with Gasteiger partial charge in [-0.3, -0.25) is 0 Å². The summed E-state index contributed by atoms with van der Waals surface area (Å²) in [5.41, 5.74) is 0.695. The molecule has 1 aliphatic heterocycles. The van der Waals surface area contributed by atoms with Gasteiger partial charge in [0.25, 0.3) is 0 Å². The molecule has 0 aliphatic carbocycles. The predicted octanol–water partition coefficient (Wildman–Crippen LogP) is 3.06. The van der Waals surface area contributed by atoms with Crippen LogP contribution in [0.4, 0.5) is 8.78 Å². The molecule has 1 aliphatic rings. The Balaban J connectivity index is 1.65. The van der Waals surface area contributed by atoms with Gasteiger partial charge in [0.2, 0.25) is 0 Å². The smallest absolute Gasteiger partial charge is 0.387 e. The highest BCUT2D eigenvalue weighted by molar-refractivity contribution is 9.10. The van der Waals surface area contributed by atoms with Gasteiger partial charge in [0.05, 0.1) is 6.54 Å². The molecule has 0 radical (unpaired) electrons. The van der Waals surface area contributed by atoms with E-state index in [-0.39, 0.29) is 11.8 Å². The van der Waals surface area contributed by atoms with Crippen molar-refractivity contribution in [2.75, 3.05) is 0 Å². The quantitative estimate of drug-likeness (QED) is 0.857. The Morgan fingerprint density at radius 3 is 3.09 bits per heavy atom. The third-order valence-corrected chi connectivity index (χ3v) is 4.28. The van der Waals surface area contributed by atoms with Crippen LogP contribution in [0, 0.1) is 6.92 Å². The zero-order valence-electron chi connectivity index (χ0n) is 12.6. The van der Waals surface area contributed by atoms with E-state index in [1.807, 2.05) is 11.6 Å². The molecule has 1 atom stereocenters. The second-order valence-electron chi connectivity index (χ2n) is 5.50. The van der Waals surface area contributed by atoms with Crippen LogP contribution in [0.15, 0.2) is 22.7 Å². The van der Waals surface area contributed by atoms with Crippen molar-refractivity contribution in [2.45, 2.75) is 45.5 Å². The van der Waals surface area contributed by atoms with Gasteiger partial charge in [0.1, 0.15) is 17.4 Å². The van der Waals surface area contributed by atoms with E-state index in [1.165, 1.54) is 0 Å². The fourth-order valence-electron chi connectivity index (χ4n) is 2.75. The molecule has 1 aromatic heterocycles. The third kappa shape index (κ3) is 4.06. The number of rotatable bonds is 5. The first kappa shape index (κ1) is 16.3. The minimum atomic E-state index is -2.83. The lowest BCUT2D eigenvalue weighted by Crippen LogP contribution is -2.37. The van der Waals surface area contributed by atoms with Crippen molar-refractivity contribution in [3.8, 4) is 5.75 Å². The highest BCUT2D eigenvalue weighted by atomic mass is 79.9. The molecule has 2 aromatic rings. The fraction of sp³-hybridized carbons (Fsp3) is 0.467. The van der Waals surface area contributed by atoms with E-state index in [9.17, 15) is 8.78 Å². The van der Waals surface area contributed by atoms with E-state index in [0.29, 0.717) is 12.1 Å². The van der Waals surface area contributed by atoms with Gasteiger partial charge in [-0.2, -0.15) is 13.9 Å². The van der Waals surface area contributed by atoms with Gasteiger partial charge in [-0.25, -0.2) is 9.67 Å². The van der Waals surface area contributed by atoms with Crippen molar-refractivity contribution in [3.63, 3.8) is 0 Å². The average molecular weight is 387 g/mol. The maximum atomic E-state index is 12.5. The standard InChI is InChI=1S/C15H17BrF2N4O/c1-9-20-14-5-3-12(8-22(14)21-9)19-7-10-6-11(16)2-4-13(10)23-15(17)18/h2,4,6,12,15,19H,3,5,7-8H2,1H3. The molecule has 0 amide bonds. The van der Waals surface area contributed by atoms with Crippen molar-refractivity contribution in [1.82, 2.24) is 20.1 Å². The van der Waals surface area contributed by atoms with Crippen LogP contribution in [0.2, 0.25) is 0 Å². The molecule has 0 bridgehead atoms. The summed E-state index contributed by atoms with van der Waals surface area (Å²) < 4.78 is 32.3. The Morgan fingerprint density at radius 1 is 1.48 bits per heavy atom. The fourth-order valence-corrected chi connectivity index (χ4v) is 3.16. The van der Waals surface area contributed by atoms with Gasteiger partial charge < -0.3 is 10.1 Å². The molecule has 0 fully saturated rings. The number of aryl methyl sites for hydroxylation is 2. The summed E-state index contributed by atoms with van der Waals surface area (Å²) >= 11 is 3.36. The molecular weight excluding hydrogens is 370 g/mol. The first-order chi connectivity index (χ1) is 11.0. The molecule has 8 heteroatoms. The molecule has 0 spiro atoms. The molecule has 1 N–H and O–H groups in total. The van der Waals surface area contributed by atoms with Crippen LogP contribution in [0.25, 0.3) is 0 Å². The van der Waals surface area contributed by atoms with E-state index >= 15 is 0 Å². The monoisotopic (exact) mass is 386 g/mol. The molecule has 1 aromatic carbocycles. The molecule has 124 valence electrons. The molecule has 2 heterocycles. The minimum Gasteiger partial charge on any atom is -0.434 e. The van der Waals surface area contributed by atoms with Gasteiger partial charge in [-0.1, -0.05) is 15.9 Å². The number of alkyl halides is 2. The number of halogens is 3. The molecule has 0 saturated heterocycles. The normalized spacial score (nSPS) is 17.3. The number of benzene rings is 1. The largest absolute Gasteiger partial charge is 0.434 e. The number of nitrogens with zero attached hydrogens (tertiary/aromatic N) is 3. The SMILES string of the molecule is Cc1nc2n(n1)CC(NCc1cc(Br)ccc1OC(F)F)CC2. The van der Waals surface area contributed by atoms with Crippen molar-refractivity contribution >= 4 is 15.9 Å². The Kier molecular flexibility index (Phi) is 4.91. The van der Waals surface area contributed by atoms with Crippen LogP contribution in [0.3, 0.4) is 0 Å². The number of fused-ring (bicyclic) bond motifs is 1. The highest BCUT2D eigenvalue weighted by Gasteiger charge is 2.21. The molecule has 23 heavy (non-hydrogen) atoms. The van der Waals surface area contributed by atoms with E-state index in [2.05, 4.69) is 36.1 Å². The van der Waals surface area contributed by atoms with Crippen LogP contribution in [-0.2, 0) is 19.5 Å². The van der Waals surface area contributed by atoms with Crippen LogP contribution in [0.1, 0.15) is 23.6 Å². The minimum absolute atomic E-state index is 0.198. The molecular formula is C15H17BrF2N4O. The third-order valence-electron chi connectivity index (χ3n) is 3.78. The van der Waals surface area contributed by atoms with Crippen LogP contribution in [0.5, 0.6) is 5.75 Å². The van der Waals surface area contributed by atoms with Crippen LogP contribution >= 0.6 is 15.9 Å². The van der Waals surface area contributed by atoms with Crippen LogP contribution in [-0.4, -0.2) is 27.4 Å². The Labute approximate surface area is 141 Å². The van der Waals surface area contributed by atoms with E-state index in [1.54, 1.807) is 18.2 Å². The number of hydrogen-bond donors (Lipinski definition) is 1. The molecule has 3 rings (SSSR count). The van der Waals surface area contributed by atoms with E-state index < -0.39 is 6.61 Å². The zero-order valence-corrected chi connectivity index (χ0v) is 14.2. The second kappa shape index (κ2) is 6.92. The van der Waals surface area contributed by atoms with E-state index in [4.69, 9.17) is 0 Å². The highest BCUT2D eigenvalue weighted by Crippen LogP contribution is 2.25. The summed E-state index contributed by atoms with van der Waals surface area (Å²) in [6.07, 6.45) is 1.80. The van der Waals surface area contributed by atoms with Gasteiger partial charge in [0.15, 0.2) is 0 Å². The molecule has 5 nitrogen and oxygen atoms in total. The Morgan fingerprint density at radius 2 is 2.30 bits per heavy atom. The second-order valence-corrected chi connectivity index (χ2v) is 6.42. The summed E-state index contributed by atoms with van der Waals surface area (Å²) in [6.45, 7) is 0.235. The summed E-state index contributed by atoms with van der Waals surface area (Å²) in [6, 6.07) is 5.25. The van der Waals surface area contributed by atoms with Crippen molar-refractivity contribution in [2.24, 2.45) is 0 Å². The number of hydrogen-bond acceptors (Lipinski definition) is 4. The number of nitrogens with one attached hydrogen (secondary N) is 1. The zero-order chi connectivity index (χ0) is 16.4. The average Bonchev–Trinajstić information content (AvgIpc) is 2.86. The topological polar surface area (TPSA) is 52.0 Å².